The van der Waals surface area contributed by atoms with Gasteiger partial charge in [-0.3, -0.25) is 9.69 Å². The molecule has 1 aliphatic heterocycles. The number of rotatable bonds is 4. The molecular weight excluding hydrogens is 269 g/mol. The number of likely N-dealkylation sites (tertiary alicyclic amines) is 1. The number of nitrogens with zero attached hydrogens (tertiary/aromatic N) is 2. The van der Waals surface area contributed by atoms with Gasteiger partial charge in [-0.05, 0) is 43.5 Å². The lowest BCUT2D eigenvalue weighted by molar-refractivity contribution is -0.130. The van der Waals surface area contributed by atoms with Crippen LogP contribution in [-0.4, -0.2) is 55.5 Å². The first kappa shape index (κ1) is 15.8. The first-order valence-corrected chi connectivity index (χ1v) is 7.41. The Labute approximate surface area is 125 Å². The number of hydrogen-bond donors (Lipinski definition) is 1. The molecule has 1 aromatic rings. The van der Waals surface area contributed by atoms with Crippen LogP contribution in [0.3, 0.4) is 0 Å². The quantitative estimate of drug-likeness (QED) is 0.923. The number of carbonyl (C=O) groups is 1. The van der Waals surface area contributed by atoms with E-state index in [1.165, 1.54) is 6.07 Å². The molecule has 4 nitrogen and oxygen atoms in total. The average Bonchev–Trinajstić information content (AvgIpc) is 2.43. The molecule has 1 aromatic carbocycles. The standard InChI is InChI=1S/C16H24FN3O/c1-12-10-13(17)4-5-15(12)18-14-6-8-20(9-7-14)11-16(21)19(2)3/h4-5,10,14,18H,6-9,11H2,1-3H3. The van der Waals surface area contributed by atoms with Gasteiger partial charge < -0.3 is 10.2 Å². The molecule has 0 saturated carbocycles. The van der Waals surface area contributed by atoms with Crippen LogP contribution in [0, 0.1) is 12.7 Å². The molecule has 1 heterocycles. The van der Waals surface area contributed by atoms with Gasteiger partial charge in [0.15, 0.2) is 0 Å². The number of amides is 1. The van der Waals surface area contributed by atoms with Crippen molar-refractivity contribution in [1.82, 2.24) is 9.80 Å². The van der Waals surface area contributed by atoms with Crippen LogP contribution >= 0.6 is 0 Å². The molecule has 1 saturated heterocycles. The number of aryl methyl sites for hydroxylation is 1. The molecule has 5 heteroatoms. The van der Waals surface area contributed by atoms with Crippen molar-refractivity contribution in [2.45, 2.75) is 25.8 Å². The summed E-state index contributed by atoms with van der Waals surface area (Å²) in [5, 5.41) is 3.48. The molecule has 21 heavy (non-hydrogen) atoms. The van der Waals surface area contributed by atoms with Gasteiger partial charge in [-0.15, -0.1) is 0 Å². The topological polar surface area (TPSA) is 35.6 Å². The van der Waals surface area contributed by atoms with Crippen LogP contribution in [0.25, 0.3) is 0 Å². The molecule has 1 N–H and O–H groups in total. The highest BCUT2D eigenvalue weighted by Crippen LogP contribution is 2.20. The van der Waals surface area contributed by atoms with E-state index in [2.05, 4.69) is 10.2 Å². The predicted molar refractivity (Wildman–Crippen MR) is 82.9 cm³/mol. The number of halogens is 1. The van der Waals surface area contributed by atoms with Gasteiger partial charge in [-0.1, -0.05) is 0 Å². The summed E-state index contributed by atoms with van der Waals surface area (Å²) < 4.78 is 13.1. The summed E-state index contributed by atoms with van der Waals surface area (Å²) in [5.74, 6) is -0.0501. The van der Waals surface area contributed by atoms with Crippen LogP contribution in [0.2, 0.25) is 0 Å². The van der Waals surface area contributed by atoms with Crippen LogP contribution in [0.4, 0.5) is 10.1 Å². The van der Waals surface area contributed by atoms with E-state index in [4.69, 9.17) is 0 Å². The molecule has 0 radical (unpaired) electrons. The van der Waals surface area contributed by atoms with Gasteiger partial charge >= 0.3 is 0 Å². The SMILES string of the molecule is Cc1cc(F)ccc1NC1CCN(CC(=O)N(C)C)CC1. The monoisotopic (exact) mass is 293 g/mol. The number of likely N-dealkylation sites (N-methyl/N-ethyl adjacent to an activating group) is 1. The lowest BCUT2D eigenvalue weighted by Gasteiger charge is -2.33. The number of anilines is 1. The second kappa shape index (κ2) is 6.89. The van der Waals surface area contributed by atoms with Crippen LogP contribution in [-0.2, 0) is 4.79 Å². The van der Waals surface area contributed by atoms with Crippen molar-refractivity contribution < 1.29 is 9.18 Å². The fourth-order valence-corrected chi connectivity index (χ4v) is 2.58. The Kier molecular flexibility index (Phi) is 5.17. The molecule has 2 rings (SSSR count). The van der Waals surface area contributed by atoms with Gasteiger partial charge in [0, 0.05) is 38.9 Å². The molecule has 0 aromatic heterocycles. The number of nitrogens with one attached hydrogen (secondary N) is 1. The second-order valence-electron chi connectivity index (χ2n) is 5.94. The Balaban J connectivity index is 1.83. The van der Waals surface area contributed by atoms with Gasteiger partial charge in [0.1, 0.15) is 5.82 Å². The highest BCUT2D eigenvalue weighted by atomic mass is 19.1. The first-order chi connectivity index (χ1) is 9.95. The lowest BCUT2D eigenvalue weighted by atomic mass is 10.0. The van der Waals surface area contributed by atoms with Crippen molar-refractivity contribution in [1.29, 1.82) is 0 Å². The predicted octanol–water partition coefficient (Wildman–Crippen LogP) is 2.10. The average molecular weight is 293 g/mol. The third kappa shape index (κ3) is 4.43. The van der Waals surface area contributed by atoms with Gasteiger partial charge in [0.25, 0.3) is 0 Å². The van der Waals surface area contributed by atoms with Crippen LogP contribution in [0.15, 0.2) is 18.2 Å². The Morgan fingerprint density at radius 2 is 2.05 bits per heavy atom. The van der Waals surface area contributed by atoms with E-state index in [1.807, 2.05) is 6.92 Å². The van der Waals surface area contributed by atoms with Crippen molar-refractivity contribution >= 4 is 11.6 Å². The number of hydrogen-bond acceptors (Lipinski definition) is 3. The molecule has 0 spiro atoms. The molecular formula is C16H24FN3O. The van der Waals surface area contributed by atoms with Crippen molar-refractivity contribution in [3.05, 3.63) is 29.6 Å². The maximum absolute atomic E-state index is 13.1. The molecule has 1 aliphatic rings. The van der Waals surface area contributed by atoms with Crippen molar-refractivity contribution in [3.8, 4) is 0 Å². The Morgan fingerprint density at radius 1 is 1.38 bits per heavy atom. The fraction of sp³-hybridized carbons (Fsp3) is 0.562. The van der Waals surface area contributed by atoms with Crippen molar-refractivity contribution in [3.63, 3.8) is 0 Å². The second-order valence-corrected chi connectivity index (χ2v) is 5.94. The maximum atomic E-state index is 13.1. The van der Waals surface area contributed by atoms with Crippen molar-refractivity contribution in [2.75, 3.05) is 39.0 Å². The van der Waals surface area contributed by atoms with E-state index >= 15 is 0 Å². The zero-order valence-corrected chi connectivity index (χ0v) is 13.0. The molecule has 0 bridgehead atoms. The third-order valence-electron chi connectivity index (χ3n) is 3.99. The number of piperidine rings is 1. The fourth-order valence-electron chi connectivity index (χ4n) is 2.58. The minimum atomic E-state index is -0.199. The molecule has 0 atom stereocenters. The van der Waals surface area contributed by atoms with E-state index < -0.39 is 0 Å². The summed E-state index contributed by atoms with van der Waals surface area (Å²) in [5.41, 5.74) is 1.93. The third-order valence-corrected chi connectivity index (χ3v) is 3.99. The van der Waals surface area contributed by atoms with Gasteiger partial charge in [0.05, 0.1) is 6.54 Å². The van der Waals surface area contributed by atoms with Crippen molar-refractivity contribution in [2.24, 2.45) is 0 Å². The summed E-state index contributed by atoms with van der Waals surface area (Å²) in [6.07, 6.45) is 2.00. The van der Waals surface area contributed by atoms with Crippen LogP contribution in [0.1, 0.15) is 18.4 Å². The van der Waals surface area contributed by atoms with Gasteiger partial charge in [-0.25, -0.2) is 4.39 Å². The minimum Gasteiger partial charge on any atom is -0.382 e. The largest absolute Gasteiger partial charge is 0.382 e. The molecule has 0 unspecified atom stereocenters. The summed E-state index contributed by atoms with van der Waals surface area (Å²) in [7, 11) is 3.57. The first-order valence-electron chi connectivity index (χ1n) is 7.41. The molecule has 0 aliphatic carbocycles. The Morgan fingerprint density at radius 3 is 2.62 bits per heavy atom. The normalized spacial score (nSPS) is 16.8. The molecule has 1 amide bonds. The highest BCUT2D eigenvalue weighted by Gasteiger charge is 2.21. The molecule has 1 fully saturated rings. The van der Waals surface area contributed by atoms with E-state index in [1.54, 1.807) is 31.1 Å². The highest BCUT2D eigenvalue weighted by molar-refractivity contribution is 5.77. The number of carbonyl (C=O) groups excluding carboxylic acids is 1. The number of benzene rings is 1. The van der Waals surface area contributed by atoms with Crippen LogP contribution in [0.5, 0.6) is 0 Å². The smallest absolute Gasteiger partial charge is 0.236 e. The lowest BCUT2D eigenvalue weighted by Crippen LogP contribution is -2.44. The van der Waals surface area contributed by atoms with E-state index in [-0.39, 0.29) is 11.7 Å². The van der Waals surface area contributed by atoms with E-state index in [0.29, 0.717) is 12.6 Å². The Bertz CT molecular complexity index is 496. The van der Waals surface area contributed by atoms with Gasteiger partial charge in [-0.2, -0.15) is 0 Å². The summed E-state index contributed by atoms with van der Waals surface area (Å²) in [6.45, 7) is 4.24. The van der Waals surface area contributed by atoms with E-state index in [9.17, 15) is 9.18 Å². The summed E-state index contributed by atoms with van der Waals surface area (Å²) >= 11 is 0. The Hall–Kier alpha value is -1.62. The van der Waals surface area contributed by atoms with E-state index in [0.717, 1.165) is 37.2 Å². The zero-order valence-electron chi connectivity index (χ0n) is 13.0. The van der Waals surface area contributed by atoms with Crippen LogP contribution < -0.4 is 5.32 Å². The van der Waals surface area contributed by atoms with Gasteiger partial charge in [0.2, 0.25) is 5.91 Å². The summed E-state index contributed by atoms with van der Waals surface area (Å²) in [6, 6.07) is 5.22. The zero-order chi connectivity index (χ0) is 15.4. The summed E-state index contributed by atoms with van der Waals surface area (Å²) in [4.78, 5) is 15.5. The maximum Gasteiger partial charge on any atom is 0.236 e. The molecule has 116 valence electrons. The minimum absolute atomic E-state index is 0.149.